The van der Waals surface area contributed by atoms with Crippen molar-refractivity contribution in [3.8, 4) is 11.5 Å². The number of pyridine rings is 1. The zero-order chi connectivity index (χ0) is 13.1. The van der Waals surface area contributed by atoms with E-state index in [0.717, 1.165) is 12.1 Å². The van der Waals surface area contributed by atoms with Crippen LogP contribution in [0.5, 0.6) is 11.5 Å². The van der Waals surface area contributed by atoms with Gasteiger partial charge in [0.1, 0.15) is 10.9 Å². The quantitative estimate of drug-likeness (QED) is 0.485. The molecule has 2 aromatic rings. The molecule has 18 heavy (non-hydrogen) atoms. The Hall–Kier alpha value is -2.21. The van der Waals surface area contributed by atoms with E-state index in [1.807, 2.05) is 0 Å². The number of benzene rings is 1. The molecule has 7 heteroatoms. The van der Waals surface area contributed by atoms with Crippen molar-refractivity contribution < 1.29 is 14.1 Å². The van der Waals surface area contributed by atoms with Gasteiger partial charge in [0.2, 0.25) is 0 Å². The number of nitro benzene ring substituents is 1. The highest BCUT2D eigenvalue weighted by Crippen LogP contribution is 2.28. The Morgan fingerprint density at radius 3 is 2.72 bits per heavy atom. The maximum absolute atomic E-state index is 13.5. The first kappa shape index (κ1) is 12.3. The zero-order valence-electron chi connectivity index (χ0n) is 8.84. The molecule has 1 aromatic heterocycles. The van der Waals surface area contributed by atoms with Gasteiger partial charge in [-0.15, -0.1) is 0 Å². The maximum atomic E-state index is 13.5. The number of nitro groups is 1. The SMILES string of the molecule is O=[N+]([O-])c1ccc(Oc2ccnc(Cl)c2)c(F)c1. The monoisotopic (exact) mass is 268 g/mol. The maximum Gasteiger partial charge on any atom is 0.272 e. The number of hydrogen-bond acceptors (Lipinski definition) is 4. The number of aromatic nitrogens is 1. The first-order valence-corrected chi connectivity index (χ1v) is 5.17. The van der Waals surface area contributed by atoms with Gasteiger partial charge >= 0.3 is 0 Å². The van der Waals surface area contributed by atoms with Crippen LogP contribution in [0.1, 0.15) is 0 Å². The van der Waals surface area contributed by atoms with Crippen molar-refractivity contribution in [1.29, 1.82) is 0 Å². The van der Waals surface area contributed by atoms with E-state index in [9.17, 15) is 14.5 Å². The zero-order valence-corrected chi connectivity index (χ0v) is 9.60. The molecule has 1 aromatic carbocycles. The van der Waals surface area contributed by atoms with E-state index < -0.39 is 10.7 Å². The van der Waals surface area contributed by atoms with Crippen molar-refractivity contribution in [3.05, 3.63) is 57.6 Å². The molecule has 0 fully saturated rings. The van der Waals surface area contributed by atoms with Crippen LogP contribution in [0, 0.1) is 15.9 Å². The standard InChI is InChI=1S/C11H6ClFN2O3/c12-11-6-8(3-4-14-11)18-10-2-1-7(15(16)17)5-9(10)13/h1-6H. The van der Waals surface area contributed by atoms with E-state index in [0.29, 0.717) is 5.75 Å². The molecule has 1 heterocycles. The highest BCUT2D eigenvalue weighted by Gasteiger charge is 2.12. The molecule has 5 nitrogen and oxygen atoms in total. The van der Waals surface area contributed by atoms with E-state index in [1.54, 1.807) is 0 Å². The average Bonchev–Trinajstić information content (AvgIpc) is 2.31. The van der Waals surface area contributed by atoms with Crippen LogP contribution in [0.2, 0.25) is 5.15 Å². The molecule has 2 rings (SSSR count). The summed E-state index contributed by atoms with van der Waals surface area (Å²) in [5.41, 5.74) is -0.340. The van der Waals surface area contributed by atoms with E-state index in [-0.39, 0.29) is 16.6 Å². The Kier molecular flexibility index (Phi) is 3.38. The summed E-state index contributed by atoms with van der Waals surface area (Å²) in [5, 5.41) is 10.6. The van der Waals surface area contributed by atoms with Gasteiger partial charge in [-0.05, 0) is 12.1 Å². The molecule has 0 N–H and O–H groups in total. The number of non-ortho nitro benzene ring substituents is 1. The number of nitrogens with zero attached hydrogens (tertiary/aromatic N) is 2. The van der Waals surface area contributed by atoms with Crippen LogP contribution in [0.25, 0.3) is 0 Å². The van der Waals surface area contributed by atoms with Crippen molar-refractivity contribution in [3.63, 3.8) is 0 Å². The molecule has 0 saturated carbocycles. The van der Waals surface area contributed by atoms with Gasteiger partial charge in [-0.3, -0.25) is 10.1 Å². The molecule has 0 atom stereocenters. The van der Waals surface area contributed by atoms with Gasteiger partial charge in [-0.2, -0.15) is 0 Å². The van der Waals surface area contributed by atoms with Gasteiger partial charge in [0.25, 0.3) is 5.69 Å². The molecule has 0 radical (unpaired) electrons. The smallest absolute Gasteiger partial charge is 0.272 e. The Morgan fingerprint density at radius 2 is 2.11 bits per heavy atom. The molecule has 0 aliphatic rings. The Morgan fingerprint density at radius 1 is 1.33 bits per heavy atom. The van der Waals surface area contributed by atoms with Gasteiger partial charge in [0, 0.05) is 18.3 Å². The lowest BCUT2D eigenvalue weighted by molar-refractivity contribution is -0.385. The first-order chi connectivity index (χ1) is 8.56. The Bertz CT molecular complexity index is 607. The highest BCUT2D eigenvalue weighted by atomic mass is 35.5. The summed E-state index contributed by atoms with van der Waals surface area (Å²) in [6, 6.07) is 6.02. The summed E-state index contributed by atoms with van der Waals surface area (Å²) in [6.45, 7) is 0. The molecule has 0 unspecified atom stereocenters. The number of ether oxygens (including phenoxy) is 1. The number of halogens is 2. The van der Waals surface area contributed by atoms with E-state index >= 15 is 0 Å². The van der Waals surface area contributed by atoms with Gasteiger partial charge in [0.15, 0.2) is 11.6 Å². The summed E-state index contributed by atoms with van der Waals surface area (Å²) in [5.74, 6) is -0.650. The molecular formula is C11H6ClFN2O3. The third-order valence-corrected chi connectivity index (χ3v) is 2.26. The largest absolute Gasteiger partial charge is 0.454 e. The molecule has 0 bridgehead atoms. The molecular weight excluding hydrogens is 263 g/mol. The van der Waals surface area contributed by atoms with Gasteiger partial charge in [-0.1, -0.05) is 11.6 Å². The third kappa shape index (κ3) is 2.72. The second kappa shape index (κ2) is 4.97. The summed E-state index contributed by atoms with van der Waals surface area (Å²) in [4.78, 5) is 13.5. The fourth-order valence-electron chi connectivity index (χ4n) is 1.26. The summed E-state index contributed by atoms with van der Waals surface area (Å²) >= 11 is 5.64. The molecule has 92 valence electrons. The van der Waals surface area contributed by atoms with Gasteiger partial charge in [0.05, 0.1) is 11.0 Å². The second-order valence-electron chi connectivity index (χ2n) is 3.29. The number of hydrogen-bond donors (Lipinski definition) is 0. The highest BCUT2D eigenvalue weighted by molar-refractivity contribution is 6.29. The molecule has 0 spiro atoms. The third-order valence-electron chi connectivity index (χ3n) is 2.05. The molecule has 0 saturated heterocycles. The van der Waals surface area contributed by atoms with Crippen molar-refractivity contribution in [2.24, 2.45) is 0 Å². The van der Waals surface area contributed by atoms with Crippen molar-refractivity contribution in [1.82, 2.24) is 4.98 Å². The summed E-state index contributed by atoms with van der Waals surface area (Å²) in [6.07, 6.45) is 1.40. The van der Waals surface area contributed by atoms with Crippen LogP contribution < -0.4 is 4.74 Å². The first-order valence-electron chi connectivity index (χ1n) is 4.79. The van der Waals surface area contributed by atoms with Crippen molar-refractivity contribution >= 4 is 17.3 Å². The predicted octanol–water partition coefficient (Wildman–Crippen LogP) is 3.57. The van der Waals surface area contributed by atoms with Crippen LogP contribution in [-0.2, 0) is 0 Å². The van der Waals surface area contributed by atoms with Crippen LogP contribution in [0.15, 0.2) is 36.5 Å². The number of rotatable bonds is 3. The lowest BCUT2D eigenvalue weighted by Gasteiger charge is -2.06. The van der Waals surface area contributed by atoms with E-state index in [2.05, 4.69) is 4.98 Å². The molecule has 0 aliphatic heterocycles. The second-order valence-corrected chi connectivity index (χ2v) is 3.68. The minimum atomic E-state index is -0.822. The minimum absolute atomic E-state index is 0.122. The van der Waals surface area contributed by atoms with Crippen molar-refractivity contribution in [2.75, 3.05) is 0 Å². The van der Waals surface area contributed by atoms with Crippen LogP contribution in [-0.4, -0.2) is 9.91 Å². The molecule has 0 amide bonds. The van der Waals surface area contributed by atoms with Crippen molar-refractivity contribution in [2.45, 2.75) is 0 Å². The van der Waals surface area contributed by atoms with E-state index in [1.165, 1.54) is 24.4 Å². The summed E-state index contributed by atoms with van der Waals surface area (Å²) in [7, 11) is 0. The topological polar surface area (TPSA) is 65.3 Å². The fourth-order valence-corrected chi connectivity index (χ4v) is 1.43. The van der Waals surface area contributed by atoms with Crippen LogP contribution >= 0.6 is 11.6 Å². The van der Waals surface area contributed by atoms with E-state index in [4.69, 9.17) is 16.3 Å². The normalized spacial score (nSPS) is 10.1. The molecule has 0 aliphatic carbocycles. The fraction of sp³-hybridized carbons (Fsp3) is 0. The Balaban J connectivity index is 2.27. The lowest BCUT2D eigenvalue weighted by Crippen LogP contribution is -1.92. The Labute approximate surface area is 106 Å². The van der Waals surface area contributed by atoms with Crippen LogP contribution in [0.4, 0.5) is 10.1 Å². The lowest BCUT2D eigenvalue weighted by atomic mass is 10.3. The predicted molar refractivity (Wildman–Crippen MR) is 62.4 cm³/mol. The van der Waals surface area contributed by atoms with Gasteiger partial charge in [-0.25, -0.2) is 9.37 Å². The minimum Gasteiger partial charge on any atom is -0.454 e. The average molecular weight is 269 g/mol. The van der Waals surface area contributed by atoms with Gasteiger partial charge < -0.3 is 4.74 Å². The van der Waals surface area contributed by atoms with Crippen LogP contribution in [0.3, 0.4) is 0 Å². The summed E-state index contributed by atoms with van der Waals surface area (Å²) < 4.78 is 18.7.